The van der Waals surface area contributed by atoms with Gasteiger partial charge in [-0.3, -0.25) is 9.59 Å². The minimum absolute atomic E-state index is 0.0437. The number of esters is 1. The van der Waals surface area contributed by atoms with Crippen molar-refractivity contribution in [3.05, 3.63) is 70.8 Å². The summed E-state index contributed by atoms with van der Waals surface area (Å²) in [6.07, 6.45) is 2.02. The molecule has 198 valence electrons. The number of aliphatic hydroxyl groups excluding tert-OH is 1. The number of aromatic amines is 1. The summed E-state index contributed by atoms with van der Waals surface area (Å²) in [5.41, 5.74) is 2.07. The topological polar surface area (TPSA) is 120 Å². The molecule has 2 unspecified atom stereocenters. The maximum absolute atomic E-state index is 14.3. The Bertz CT molecular complexity index is 1160. The van der Waals surface area contributed by atoms with Crippen molar-refractivity contribution in [1.82, 2.24) is 25.6 Å². The second-order valence-electron chi connectivity index (χ2n) is 8.72. The van der Waals surface area contributed by atoms with Crippen molar-refractivity contribution >= 4 is 23.5 Å². The SMILES string of the molecule is CCOC(=O)C(CC(Cc1ccc(-c2cc(Cl)ccc2F)cc1)NC(=O)c1cn[nH]n1)CN(C)CCO. The standard InChI is InChI=1S/C26H31ClFN5O4/c1-3-37-26(36)19(16-33(2)10-11-34)13-21(30-25(35)24-15-29-32-31-24)12-17-4-6-18(7-5-17)22-14-20(27)8-9-23(22)28/h4-9,14-15,19,21,34H,3,10-13,16H2,1-2H3,(H,30,35)(H,29,31,32). The summed E-state index contributed by atoms with van der Waals surface area (Å²) in [5.74, 6) is -1.72. The number of aliphatic hydroxyl groups is 1. The summed E-state index contributed by atoms with van der Waals surface area (Å²) in [5, 5.41) is 22.6. The van der Waals surface area contributed by atoms with E-state index in [2.05, 4.69) is 20.7 Å². The van der Waals surface area contributed by atoms with E-state index in [9.17, 15) is 19.1 Å². The monoisotopic (exact) mass is 531 g/mol. The van der Waals surface area contributed by atoms with Gasteiger partial charge in [-0.1, -0.05) is 35.9 Å². The Morgan fingerprint density at radius 3 is 2.65 bits per heavy atom. The number of rotatable bonds is 13. The third kappa shape index (κ3) is 8.34. The molecule has 0 aliphatic heterocycles. The van der Waals surface area contributed by atoms with Crippen LogP contribution in [-0.4, -0.2) is 76.7 Å². The highest BCUT2D eigenvalue weighted by Gasteiger charge is 2.27. The van der Waals surface area contributed by atoms with Gasteiger partial charge in [0.05, 0.1) is 25.3 Å². The Balaban J connectivity index is 1.82. The molecule has 11 heteroatoms. The van der Waals surface area contributed by atoms with Crippen molar-refractivity contribution < 1.29 is 23.8 Å². The number of hydrogen-bond acceptors (Lipinski definition) is 7. The average Bonchev–Trinajstić information content (AvgIpc) is 3.41. The zero-order chi connectivity index (χ0) is 26.8. The minimum atomic E-state index is -0.543. The van der Waals surface area contributed by atoms with E-state index >= 15 is 0 Å². The maximum Gasteiger partial charge on any atom is 0.310 e. The van der Waals surface area contributed by atoms with E-state index in [1.807, 2.05) is 17.0 Å². The summed E-state index contributed by atoms with van der Waals surface area (Å²) in [6.45, 7) is 2.67. The van der Waals surface area contributed by atoms with Crippen LogP contribution in [0, 0.1) is 11.7 Å². The molecule has 1 aromatic heterocycles. The zero-order valence-corrected chi connectivity index (χ0v) is 21.5. The van der Waals surface area contributed by atoms with Crippen LogP contribution in [-0.2, 0) is 16.0 Å². The van der Waals surface area contributed by atoms with Crippen LogP contribution in [0.1, 0.15) is 29.4 Å². The number of likely N-dealkylation sites (N-methyl/N-ethyl adjacent to an activating group) is 1. The lowest BCUT2D eigenvalue weighted by atomic mass is 9.93. The van der Waals surface area contributed by atoms with E-state index in [1.54, 1.807) is 32.2 Å². The van der Waals surface area contributed by atoms with Crippen LogP contribution in [0.4, 0.5) is 4.39 Å². The molecule has 9 nitrogen and oxygen atoms in total. The molecule has 3 N–H and O–H groups in total. The van der Waals surface area contributed by atoms with E-state index in [-0.39, 0.29) is 30.7 Å². The number of carbonyl (C=O) groups is 2. The Labute approximate surface area is 220 Å². The van der Waals surface area contributed by atoms with Crippen LogP contribution in [0.5, 0.6) is 0 Å². The molecule has 0 radical (unpaired) electrons. The van der Waals surface area contributed by atoms with Gasteiger partial charge >= 0.3 is 5.97 Å². The number of hydrogen-bond donors (Lipinski definition) is 3. The number of ether oxygens (including phenoxy) is 1. The van der Waals surface area contributed by atoms with Crippen LogP contribution < -0.4 is 5.32 Å². The fourth-order valence-corrected chi connectivity index (χ4v) is 4.25. The minimum Gasteiger partial charge on any atom is -0.466 e. The number of halogens is 2. The van der Waals surface area contributed by atoms with Crippen molar-refractivity contribution in [3.63, 3.8) is 0 Å². The second-order valence-corrected chi connectivity index (χ2v) is 9.16. The first-order chi connectivity index (χ1) is 17.8. The zero-order valence-electron chi connectivity index (χ0n) is 20.8. The van der Waals surface area contributed by atoms with E-state index in [4.69, 9.17) is 16.3 Å². The Morgan fingerprint density at radius 1 is 1.24 bits per heavy atom. The van der Waals surface area contributed by atoms with Gasteiger partial charge in [0.2, 0.25) is 0 Å². The lowest BCUT2D eigenvalue weighted by Gasteiger charge is -2.26. The van der Waals surface area contributed by atoms with Crippen LogP contribution in [0.3, 0.4) is 0 Å². The number of amides is 1. The Hall–Kier alpha value is -3.34. The molecule has 3 rings (SSSR count). The van der Waals surface area contributed by atoms with Crippen LogP contribution in [0.15, 0.2) is 48.7 Å². The first-order valence-corrected chi connectivity index (χ1v) is 12.4. The van der Waals surface area contributed by atoms with Gasteiger partial charge in [-0.15, -0.1) is 0 Å². The fourth-order valence-electron chi connectivity index (χ4n) is 4.07. The largest absolute Gasteiger partial charge is 0.466 e. The maximum atomic E-state index is 14.3. The highest BCUT2D eigenvalue weighted by atomic mass is 35.5. The molecule has 1 heterocycles. The number of aromatic nitrogens is 3. The second kappa shape index (κ2) is 13.8. The lowest BCUT2D eigenvalue weighted by molar-refractivity contribution is -0.149. The van der Waals surface area contributed by atoms with E-state index < -0.39 is 17.9 Å². The van der Waals surface area contributed by atoms with Gasteiger partial charge in [-0.25, -0.2) is 4.39 Å². The van der Waals surface area contributed by atoms with E-state index in [0.717, 1.165) is 5.56 Å². The Kier molecular flexibility index (Phi) is 10.6. The molecular formula is C26H31ClFN5O4. The van der Waals surface area contributed by atoms with Gasteiger partial charge in [0.1, 0.15) is 5.82 Å². The summed E-state index contributed by atoms with van der Waals surface area (Å²) in [4.78, 5) is 27.4. The molecule has 0 saturated carbocycles. The number of nitrogens with one attached hydrogen (secondary N) is 2. The van der Waals surface area contributed by atoms with Gasteiger partial charge < -0.3 is 20.1 Å². The van der Waals surface area contributed by atoms with Crippen molar-refractivity contribution in [3.8, 4) is 11.1 Å². The normalized spacial score (nSPS) is 12.8. The molecule has 2 aromatic carbocycles. The molecule has 0 fully saturated rings. The van der Waals surface area contributed by atoms with Gasteiger partial charge in [0.25, 0.3) is 5.91 Å². The lowest BCUT2D eigenvalue weighted by Crippen LogP contribution is -2.42. The third-order valence-electron chi connectivity index (χ3n) is 5.86. The van der Waals surface area contributed by atoms with Crippen molar-refractivity contribution in [2.24, 2.45) is 5.92 Å². The Morgan fingerprint density at radius 2 is 2.00 bits per heavy atom. The van der Waals surface area contributed by atoms with Gasteiger partial charge in [-0.2, -0.15) is 15.4 Å². The fraction of sp³-hybridized carbons (Fsp3) is 0.385. The quantitative estimate of drug-likeness (QED) is 0.290. The van der Waals surface area contributed by atoms with Crippen molar-refractivity contribution in [2.75, 3.05) is 33.4 Å². The molecule has 0 bridgehead atoms. The van der Waals surface area contributed by atoms with E-state index in [0.29, 0.717) is 42.1 Å². The highest BCUT2D eigenvalue weighted by Crippen LogP contribution is 2.27. The number of carbonyl (C=O) groups excluding carboxylic acids is 2. The first kappa shape index (κ1) is 28.2. The number of H-pyrrole nitrogens is 1. The molecule has 0 aliphatic rings. The molecule has 3 aromatic rings. The molecule has 37 heavy (non-hydrogen) atoms. The summed E-state index contributed by atoms with van der Waals surface area (Å²) in [7, 11) is 1.80. The highest BCUT2D eigenvalue weighted by molar-refractivity contribution is 6.30. The third-order valence-corrected chi connectivity index (χ3v) is 6.10. The molecule has 0 saturated heterocycles. The van der Waals surface area contributed by atoms with Crippen LogP contribution in [0.25, 0.3) is 11.1 Å². The van der Waals surface area contributed by atoms with Gasteiger partial charge in [0.15, 0.2) is 5.69 Å². The summed E-state index contributed by atoms with van der Waals surface area (Å²) in [6, 6.07) is 11.2. The first-order valence-electron chi connectivity index (χ1n) is 12.0. The molecular weight excluding hydrogens is 501 g/mol. The average molecular weight is 532 g/mol. The van der Waals surface area contributed by atoms with Gasteiger partial charge in [0, 0.05) is 29.7 Å². The number of benzene rings is 2. The predicted molar refractivity (Wildman–Crippen MR) is 138 cm³/mol. The van der Waals surface area contributed by atoms with Crippen molar-refractivity contribution in [1.29, 1.82) is 0 Å². The smallest absolute Gasteiger partial charge is 0.310 e. The molecule has 0 aliphatic carbocycles. The number of nitrogens with zero attached hydrogens (tertiary/aromatic N) is 3. The molecule has 1 amide bonds. The van der Waals surface area contributed by atoms with Gasteiger partial charge in [-0.05, 0) is 56.1 Å². The predicted octanol–water partition coefficient (Wildman–Crippen LogP) is 3.10. The summed E-state index contributed by atoms with van der Waals surface area (Å²) < 4.78 is 19.6. The molecule has 0 spiro atoms. The van der Waals surface area contributed by atoms with Crippen LogP contribution >= 0.6 is 11.6 Å². The van der Waals surface area contributed by atoms with E-state index in [1.165, 1.54) is 18.3 Å². The van der Waals surface area contributed by atoms with Crippen molar-refractivity contribution in [2.45, 2.75) is 25.8 Å². The molecule has 2 atom stereocenters. The summed E-state index contributed by atoms with van der Waals surface area (Å²) >= 11 is 6.04. The van der Waals surface area contributed by atoms with Crippen LogP contribution in [0.2, 0.25) is 5.02 Å².